The molecule has 0 radical (unpaired) electrons. The van der Waals surface area contributed by atoms with Gasteiger partial charge in [0, 0.05) is 6.42 Å². The van der Waals surface area contributed by atoms with Gasteiger partial charge in [-0.15, -0.1) is 12.3 Å². The third-order valence-electron chi connectivity index (χ3n) is 2.19. The maximum atomic E-state index is 10.7. The van der Waals surface area contributed by atoms with Gasteiger partial charge in [0.05, 0.1) is 5.92 Å². The van der Waals surface area contributed by atoms with E-state index in [0.717, 1.165) is 12.8 Å². The minimum absolute atomic E-state index is 0.277. The van der Waals surface area contributed by atoms with Crippen molar-refractivity contribution in [2.24, 2.45) is 11.3 Å². The van der Waals surface area contributed by atoms with Crippen molar-refractivity contribution < 1.29 is 9.90 Å². The molecule has 0 heterocycles. The first-order valence-corrected chi connectivity index (χ1v) is 5.03. The van der Waals surface area contributed by atoms with Crippen LogP contribution >= 0.6 is 0 Å². The van der Waals surface area contributed by atoms with E-state index in [9.17, 15) is 4.79 Å². The lowest BCUT2D eigenvalue weighted by Crippen LogP contribution is -2.14. The van der Waals surface area contributed by atoms with E-state index in [-0.39, 0.29) is 11.3 Å². The van der Waals surface area contributed by atoms with E-state index in [1.54, 1.807) is 0 Å². The van der Waals surface area contributed by atoms with Crippen molar-refractivity contribution in [3.05, 3.63) is 0 Å². The first-order valence-electron chi connectivity index (χ1n) is 5.03. The minimum atomic E-state index is -0.767. The second-order valence-corrected chi connectivity index (χ2v) is 4.90. The van der Waals surface area contributed by atoms with Crippen LogP contribution in [0.4, 0.5) is 0 Å². The van der Waals surface area contributed by atoms with E-state index >= 15 is 0 Å². The molecule has 1 unspecified atom stereocenters. The number of rotatable bonds is 5. The Balaban J connectivity index is 3.85. The molecule has 0 bridgehead atoms. The summed E-state index contributed by atoms with van der Waals surface area (Å²) in [6, 6.07) is 0. The number of carboxylic acid groups (broad SMARTS) is 1. The molecular formula is C12H20O2. The fraction of sp³-hybridized carbons (Fsp3) is 0.750. The van der Waals surface area contributed by atoms with Gasteiger partial charge in [-0.2, -0.15) is 0 Å². The fourth-order valence-electron chi connectivity index (χ4n) is 1.33. The largest absolute Gasteiger partial charge is 0.481 e. The van der Waals surface area contributed by atoms with Gasteiger partial charge in [0.15, 0.2) is 0 Å². The van der Waals surface area contributed by atoms with Gasteiger partial charge < -0.3 is 5.11 Å². The van der Waals surface area contributed by atoms with Crippen LogP contribution in [0.2, 0.25) is 0 Å². The molecule has 14 heavy (non-hydrogen) atoms. The lowest BCUT2D eigenvalue weighted by Gasteiger charge is -2.18. The fourth-order valence-corrected chi connectivity index (χ4v) is 1.33. The molecule has 1 N–H and O–H groups in total. The highest BCUT2D eigenvalue weighted by atomic mass is 16.4. The van der Waals surface area contributed by atoms with Gasteiger partial charge in [0.25, 0.3) is 0 Å². The Morgan fingerprint density at radius 1 is 1.50 bits per heavy atom. The number of hydrogen-bond donors (Lipinski definition) is 1. The molecule has 2 nitrogen and oxygen atoms in total. The average Bonchev–Trinajstić information content (AvgIpc) is 2.00. The second kappa shape index (κ2) is 5.70. The Kier molecular flexibility index (Phi) is 5.30. The van der Waals surface area contributed by atoms with Crippen molar-refractivity contribution >= 4 is 5.97 Å². The summed E-state index contributed by atoms with van der Waals surface area (Å²) >= 11 is 0. The van der Waals surface area contributed by atoms with Gasteiger partial charge in [0.1, 0.15) is 0 Å². The topological polar surface area (TPSA) is 37.3 Å². The summed E-state index contributed by atoms with van der Waals surface area (Å²) in [6.07, 6.45) is 8.13. The predicted molar refractivity (Wildman–Crippen MR) is 57.9 cm³/mol. The summed E-state index contributed by atoms with van der Waals surface area (Å²) in [7, 11) is 0. The molecule has 0 aromatic rings. The molecule has 0 saturated heterocycles. The van der Waals surface area contributed by atoms with Gasteiger partial charge in [-0.25, -0.2) is 0 Å². The van der Waals surface area contributed by atoms with Crippen molar-refractivity contribution in [3.8, 4) is 12.3 Å². The van der Waals surface area contributed by atoms with Crippen molar-refractivity contribution in [3.63, 3.8) is 0 Å². The normalized spacial score (nSPS) is 13.3. The first kappa shape index (κ1) is 13.0. The van der Waals surface area contributed by atoms with E-state index in [2.05, 4.69) is 26.7 Å². The van der Waals surface area contributed by atoms with Crippen LogP contribution in [-0.4, -0.2) is 11.1 Å². The van der Waals surface area contributed by atoms with Crippen LogP contribution in [-0.2, 0) is 4.79 Å². The summed E-state index contributed by atoms with van der Waals surface area (Å²) in [4.78, 5) is 10.7. The highest BCUT2D eigenvalue weighted by Crippen LogP contribution is 2.24. The summed E-state index contributed by atoms with van der Waals surface area (Å²) in [5.74, 6) is 1.29. The number of terminal acetylenes is 1. The van der Waals surface area contributed by atoms with Crippen molar-refractivity contribution in [2.75, 3.05) is 0 Å². The molecule has 0 rings (SSSR count). The maximum absolute atomic E-state index is 10.7. The monoisotopic (exact) mass is 196 g/mol. The van der Waals surface area contributed by atoms with Crippen LogP contribution in [0.25, 0.3) is 0 Å². The Hall–Kier alpha value is -0.970. The third-order valence-corrected chi connectivity index (χ3v) is 2.19. The number of hydrogen-bond acceptors (Lipinski definition) is 1. The van der Waals surface area contributed by atoms with Crippen molar-refractivity contribution in [1.29, 1.82) is 0 Å². The number of aliphatic carboxylic acids is 1. The summed E-state index contributed by atoms with van der Waals surface area (Å²) < 4.78 is 0. The average molecular weight is 196 g/mol. The summed E-state index contributed by atoms with van der Waals surface area (Å²) in [5.41, 5.74) is 0.277. The molecule has 0 aliphatic heterocycles. The van der Waals surface area contributed by atoms with Crippen LogP contribution < -0.4 is 0 Å². The van der Waals surface area contributed by atoms with Crippen LogP contribution in [0.15, 0.2) is 0 Å². The Morgan fingerprint density at radius 2 is 2.07 bits per heavy atom. The zero-order chi connectivity index (χ0) is 11.2. The van der Waals surface area contributed by atoms with Gasteiger partial charge in [0.2, 0.25) is 0 Å². The maximum Gasteiger partial charge on any atom is 0.307 e. The Labute approximate surface area is 86.7 Å². The highest BCUT2D eigenvalue weighted by Gasteiger charge is 2.17. The SMILES string of the molecule is C#CCC(CCCC(C)(C)C)C(=O)O. The number of carbonyl (C=O) groups is 1. The van der Waals surface area contributed by atoms with Crippen LogP contribution in [0, 0.1) is 23.7 Å². The van der Waals surface area contributed by atoms with Crippen LogP contribution in [0.5, 0.6) is 0 Å². The van der Waals surface area contributed by atoms with Gasteiger partial charge >= 0.3 is 5.97 Å². The summed E-state index contributed by atoms with van der Waals surface area (Å²) in [6.45, 7) is 6.47. The molecule has 2 heteroatoms. The quantitative estimate of drug-likeness (QED) is 0.686. The second-order valence-electron chi connectivity index (χ2n) is 4.90. The molecule has 0 aromatic heterocycles. The van der Waals surface area contributed by atoms with E-state index in [1.807, 2.05) is 0 Å². The van der Waals surface area contributed by atoms with Crippen LogP contribution in [0.3, 0.4) is 0 Å². The van der Waals surface area contributed by atoms with Gasteiger partial charge in [-0.1, -0.05) is 27.2 Å². The van der Waals surface area contributed by atoms with E-state index < -0.39 is 5.97 Å². The molecule has 0 saturated carbocycles. The molecule has 0 fully saturated rings. The molecule has 0 spiro atoms. The van der Waals surface area contributed by atoms with Gasteiger partial charge in [-0.05, 0) is 18.3 Å². The lowest BCUT2D eigenvalue weighted by atomic mass is 9.87. The van der Waals surface area contributed by atoms with Crippen molar-refractivity contribution in [2.45, 2.75) is 46.5 Å². The van der Waals surface area contributed by atoms with Crippen molar-refractivity contribution in [1.82, 2.24) is 0 Å². The van der Waals surface area contributed by atoms with E-state index in [1.165, 1.54) is 0 Å². The molecule has 0 aromatic carbocycles. The zero-order valence-corrected chi connectivity index (χ0v) is 9.34. The first-order chi connectivity index (χ1) is 6.37. The molecule has 0 aliphatic carbocycles. The van der Waals surface area contributed by atoms with Crippen LogP contribution in [0.1, 0.15) is 46.5 Å². The zero-order valence-electron chi connectivity index (χ0n) is 9.34. The van der Waals surface area contributed by atoms with E-state index in [4.69, 9.17) is 11.5 Å². The predicted octanol–water partition coefficient (Wildman–Crippen LogP) is 2.93. The molecule has 1 atom stereocenters. The van der Waals surface area contributed by atoms with Gasteiger partial charge in [-0.3, -0.25) is 4.79 Å². The molecule has 0 amide bonds. The Morgan fingerprint density at radius 3 is 2.43 bits per heavy atom. The molecular weight excluding hydrogens is 176 g/mol. The Bertz CT molecular complexity index is 217. The third kappa shape index (κ3) is 6.54. The highest BCUT2D eigenvalue weighted by molar-refractivity contribution is 5.70. The standard InChI is InChI=1S/C12H20O2/c1-5-7-10(11(13)14)8-6-9-12(2,3)4/h1,10H,6-9H2,2-4H3,(H,13,14). The molecule has 0 aliphatic rings. The smallest absolute Gasteiger partial charge is 0.307 e. The summed E-state index contributed by atoms with van der Waals surface area (Å²) in [5, 5.41) is 8.84. The molecule has 80 valence electrons. The lowest BCUT2D eigenvalue weighted by molar-refractivity contribution is -0.141. The number of carboxylic acids is 1. The minimum Gasteiger partial charge on any atom is -0.481 e. The van der Waals surface area contributed by atoms with E-state index in [0.29, 0.717) is 12.8 Å².